The van der Waals surface area contributed by atoms with Gasteiger partial charge in [-0.1, -0.05) is 15.9 Å². The Morgan fingerprint density at radius 1 is 1.31 bits per heavy atom. The second kappa shape index (κ2) is 4.60. The lowest BCUT2D eigenvalue weighted by Crippen LogP contribution is -2.13. The largest absolute Gasteiger partial charge is 0.416 e. The maximum atomic E-state index is 13.0. The SMILES string of the molecule is Fc1nc(C(F)F)cc(C(F)(F)F)c1CBr. The summed E-state index contributed by atoms with van der Waals surface area (Å²) in [5.41, 5.74) is -3.45. The van der Waals surface area contributed by atoms with Gasteiger partial charge in [-0.3, -0.25) is 0 Å². The van der Waals surface area contributed by atoms with Gasteiger partial charge in [-0.25, -0.2) is 13.8 Å². The molecule has 0 saturated carbocycles. The molecule has 0 fully saturated rings. The molecule has 1 nitrogen and oxygen atoms in total. The van der Waals surface area contributed by atoms with E-state index in [1.807, 2.05) is 0 Å². The van der Waals surface area contributed by atoms with Crippen LogP contribution in [0.15, 0.2) is 6.07 Å². The maximum absolute atomic E-state index is 13.0. The van der Waals surface area contributed by atoms with Gasteiger partial charge in [0.1, 0.15) is 5.69 Å². The van der Waals surface area contributed by atoms with Crippen molar-refractivity contribution in [2.45, 2.75) is 17.9 Å². The van der Waals surface area contributed by atoms with Crippen LogP contribution in [0.2, 0.25) is 0 Å². The van der Waals surface area contributed by atoms with Crippen LogP contribution in [0.4, 0.5) is 26.3 Å². The van der Waals surface area contributed by atoms with E-state index in [9.17, 15) is 26.3 Å². The highest BCUT2D eigenvalue weighted by atomic mass is 79.9. The number of halogens is 7. The Morgan fingerprint density at radius 3 is 2.25 bits per heavy atom. The average molecular weight is 308 g/mol. The molecule has 0 amide bonds. The minimum atomic E-state index is -4.89. The summed E-state index contributed by atoms with van der Waals surface area (Å²) in [6.45, 7) is 0. The molecule has 0 aliphatic rings. The number of hydrogen-bond acceptors (Lipinski definition) is 1. The lowest BCUT2D eigenvalue weighted by Gasteiger charge is -2.13. The second-order valence-corrected chi connectivity index (χ2v) is 3.36. The van der Waals surface area contributed by atoms with Gasteiger partial charge in [0, 0.05) is 10.9 Å². The Balaban J connectivity index is 3.43. The molecule has 0 atom stereocenters. The second-order valence-electron chi connectivity index (χ2n) is 2.80. The first-order valence-corrected chi connectivity index (χ1v) is 5.00. The quantitative estimate of drug-likeness (QED) is 0.456. The number of rotatable bonds is 2. The van der Waals surface area contributed by atoms with Gasteiger partial charge < -0.3 is 0 Å². The predicted octanol–water partition coefficient (Wildman–Crippen LogP) is 4.07. The molecule has 1 aromatic heterocycles. The summed E-state index contributed by atoms with van der Waals surface area (Å²) in [6.07, 6.45) is -8.14. The Kier molecular flexibility index (Phi) is 3.82. The summed E-state index contributed by atoms with van der Waals surface area (Å²) in [6, 6.07) is 0.157. The standard InChI is InChI=1S/C8H4BrF6N/c9-2-3-4(8(13,14)15)1-5(6(10)11)16-7(3)12/h1,6H,2H2. The Labute approximate surface area is 94.6 Å². The molecule has 1 heterocycles. The minimum Gasteiger partial charge on any atom is -0.218 e. The number of pyridine rings is 1. The number of hydrogen-bond donors (Lipinski definition) is 0. The Hall–Kier alpha value is -0.790. The predicted molar refractivity (Wildman–Crippen MR) is 46.8 cm³/mol. The van der Waals surface area contributed by atoms with Gasteiger partial charge in [-0.05, 0) is 6.07 Å². The zero-order chi connectivity index (χ0) is 12.5. The van der Waals surface area contributed by atoms with Crippen molar-refractivity contribution in [3.05, 3.63) is 28.8 Å². The van der Waals surface area contributed by atoms with E-state index in [4.69, 9.17) is 0 Å². The van der Waals surface area contributed by atoms with Crippen LogP contribution >= 0.6 is 15.9 Å². The van der Waals surface area contributed by atoms with Crippen molar-refractivity contribution in [3.8, 4) is 0 Å². The molecule has 0 radical (unpaired) electrons. The van der Waals surface area contributed by atoms with E-state index in [0.717, 1.165) is 0 Å². The number of alkyl halides is 6. The fraction of sp³-hybridized carbons (Fsp3) is 0.375. The van der Waals surface area contributed by atoms with Gasteiger partial charge in [0.25, 0.3) is 6.43 Å². The number of aromatic nitrogens is 1. The van der Waals surface area contributed by atoms with Gasteiger partial charge in [0.15, 0.2) is 0 Å². The molecule has 16 heavy (non-hydrogen) atoms. The van der Waals surface area contributed by atoms with Crippen molar-refractivity contribution in [3.63, 3.8) is 0 Å². The number of nitrogens with zero attached hydrogens (tertiary/aromatic N) is 1. The van der Waals surface area contributed by atoms with Gasteiger partial charge >= 0.3 is 6.18 Å². The highest BCUT2D eigenvalue weighted by molar-refractivity contribution is 9.08. The molecular weight excluding hydrogens is 304 g/mol. The molecule has 90 valence electrons. The molecule has 0 spiro atoms. The van der Waals surface area contributed by atoms with Crippen LogP contribution in [-0.4, -0.2) is 4.98 Å². The lowest BCUT2D eigenvalue weighted by molar-refractivity contribution is -0.138. The third kappa shape index (κ3) is 2.66. The highest BCUT2D eigenvalue weighted by Gasteiger charge is 2.36. The molecule has 1 rings (SSSR count). The third-order valence-corrected chi connectivity index (χ3v) is 2.32. The monoisotopic (exact) mass is 307 g/mol. The fourth-order valence-electron chi connectivity index (χ4n) is 1.05. The van der Waals surface area contributed by atoms with E-state index in [-0.39, 0.29) is 6.07 Å². The van der Waals surface area contributed by atoms with Crippen molar-refractivity contribution < 1.29 is 26.3 Å². The van der Waals surface area contributed by atoms with Crippen LogP contribution in [0, 0.1) is 5.95 Å². The molecule has 1 aromatic rings. The smallest absolute Gasteiger partial charge is 0.218 e. The normalized spacial score (nSPS) is 12.2. The van der Waals surface area contributed by atoms with Crippen LogP contribution < -0.4 is 0 Å². The van der Waals surface area contributed by atoms with Crippen LogP contribution in [0.1, 0.15) is 23.2 Å². The van der Waals surface area contributed by atoms with E-state index in [0.29, 0.717) is 0 Å². The van der Waals surface area contributed by atoms with Gasteiger partial charge in [0.05, 0.1) is 5.56 Å². The zero-order valence-electron chi connectivity index (χ0n) is 7.45. The van der Waals surface area contributed by atoms with Crippen LogP contribution in [-0.2, 0) is 11.5 Å². The summed E-state index contributed by atoms with van der Waals surface area (Å²) < 4.78 is 74.5. The first kappa shape index (κ1) is 13.3. The lowest BCUT2D eigenvalue weighted by atomic mass is 10.1. The Bertz CT molecular complexity index is 389. The van der Waals surface area contributed by atoms with E-state index in [1.54, 1.807) is 0 Å². The summed E-state index contributed by atoms with van der Waals surface area (Å²) in [7, 11) is 0. The molecular formula is C8H4BrF6N. The zero-order valence-corrected chi connectivity index (χ0v) is 9.04. The summed E-state index contributed by atoms with van der Waals surface area (Å²) in [5, 5.41) is -0.454. The first-order valence-electron chi connectivity index (χ1n) is 3.88. The summed E-state index contributed by atoms with van der Waals surface area (Å²) in [5.74, 6) is -1.54. The average Bonchev–Trinajstić information content (AvgIpc) is 2.14. The van der Waals surface area contributed by atoms with E-state index in [1.165, 1.54) is 0 Å². The third-order valence-electron chi connectivity index (χ3n) is 1.76. The molecule has 0 saturated heterocycles. The fourth-order valence-corrected chi connectivity index (χ4v) is 1.58. The molecule has 0 N–H and O–H groups in total. The molecule has 0 bridgehead atoms. The van der Waals surface area contributed by atoms with Crippen LogP contribution in [0.5, 0.6) is 0 Å². The van der Waals surface area contributed by atoms with E-state index in [2.05, 4.69) is 20.9 Å². The molecule has 0 aromatic carbocycles. The van der Waals surface area contributed by atoms with Crippen molar-refractivity contribution in [1.29, 1.82) is 0 Å². The first-order chi connectivity index (χ1) is 7.27. The van der Waals surface area contributed by atoms with Gasteiger partial charge in [0.2, 0.25) is 5.95 Å². The van der Waals surface area contributed by atoms with Crippen molar-refractivity contribution >= 4 is 15.9 Å². The summed E-state index contributed by atoms with van der Waals surface area (Å²) >= 11 is 2.65. The van der Waals surface area contributed by atoms with Crippen LogP contribution in [0.25, 0.3) is 0 Å². The van der Waals surface area contributed by atoms with Gasteiger partial charge in [-0.15, -0.1) is 0 Å². The van der Waals surface area contributed by atoms with Crippen molar-refractivity contribution in [1.82, 2.24) is 4.98 Å². The van der Waals surface area contributed by atoms with Gasteiger partial charge in [-0.2, -0.15) is 17.6 Å². The van der Waals surface area contributed by atoms with Crippen molar-refractivity contribution in [2.24, 2.45) is 0 Å². The Morgan fingerprint density at radius 2 is 1.88 bits per heavy atom. The minimum absolute atomic E-state index is 0.157. The summed E-state index contributed by atoms with van der Waals surface area (Å²) in [4.78, 5) is 2.77. The topological polar surface area (TPSA) is 12.9 Å². The maximum Gasteiger partial charge on any atom is 0.416 e. The van der Waals surface area contributed by atoms with Crippen molar-refractivity contribution in [2.75, 3.05) is 0 Å². The molecule has 0 unspecified atom stereocenters. The highest BCUT2D eigenvalue weighted by Crippen LogP contribution is 2.35. The van der Waals surface area contributed by atoms with E-state index < -0.39 is 40.7 Å². The van der Waals surface area contributed by atoms with E-state index >= 15 is 0 Å². The molecule has 0 aliphatic heterocycles. The molecule has 8 heteroatoms. The van der Waals surface area contributed by atoms with Crippen LogP contribution in [0.3, 0.4) is 0 Å². The molecule has 0 aliphatic carbocycles.